The predicted octanol–water partition coefficient (Wildman–Crippen LogP) is 1.48. The van der Waals surface area contributed by atoms with Crippen molar-refractivity contribution in [2.24, 2.45) is 0 Å². The average Bonchev–Trinajstić information content (AvgIpc) is 2.69. The van der Waals surface area contributed by atoms with E-state index in [2.05, 4.69) is 0 Å². The second-order valence-corrected chi connectivity index (χ2v) is 4.27. The highest BCUT2D eigenvalue weighted by Crippen LogP contribution is 2.19. The minimum atomic E-state index is -0.862. The Kier molecular flexibility index (Phi) is 3.11. The van der Waals surface area contributed by atoms with Crippen molar-refractivity contribution in [2.75, 3.05) is 13.1 Å². The minimum Gasteiger partial charge on any atom is -0.391 e. The Morgan fingerprint density at radius 3 is 2.71 bits per heavy atom. The van der Waals surface area contributed by atoms with E-state index in [4.69, 9.17) is 0 Å². The van der Waals surface area contributed by atoms with Crippen LogP contribution in [0.5, 0.6) is 0 Å². The van der Waals surface area contributed by atoms with E-state index in [0.717, 1.165) is 6.07 Å². The Morgan fingerprint density at radius 1 is 1.41 bits per heavy atom. The second kappa shape index (κ2) is 4.41. The van der Waals surface area contributed by atoms with Crippen LogP contribution in [0, 0.1) is 18.6 Å². The maximum absolute atomic E-state index is 13.5. The topological polar surface area (TPSA) is 40.5 Å². The lowest BCUT2D eigenvalue weighted by atomic mass is 10.1. The Bertz CT molecular complexity index is 462. The standard InChI is InChI=1S/C12H13F2NO2/c1-7-4-9(11(14)5-10(7)13)12(17)15-3-2-8(16)6-15/h4-5,8,16H,2-3,6H2,1H3/t8-/m1/s1. The molecule has 5 heteroatoms. The number of amides is 1. The van der Waals surface area contributed by atoms with E-state index in [-0.39, 0.29) is 17.7 Å². The molecule has 1 atom stereocenters. The molecule has 3 nitrogen and oxygen atoms in total. The number of carbonyl (C=O) groups is 1. The summed E-state index contributed by atoms with van der Waals surface area (Å²) in [5.41, 5.74) is 0.0903. The molecule has 0 saturated carbocycles. The van der Waals surface area contributed by atoms with Crippen LogP contribution in [0.15, 0.2) is 12.1 Å². The van der Waals surface area contributed by atoms with Crippen LogP contribution in [0.3, 0.4) is 0 Å². The van der Waals surface area contributed by atoms with E-state index < -0.39 is 23.6 Å². The Labute approximate surface area is 97.7 Å². The first-order valence-electron chi connectivity index (χ1n) is 5.42. The number of β-amino-alcohol motifs (C(OH)–C–C–N with tert-alkyl or cyclic N) is 1. The van der Waals surface area contributed by atoms with Gasteiger partial charge in [-0.3, -0.25) is 4.79 Å². The zero-order valence-electron chi connectivity index (χ0n) is 9.41. The molecule has 0 aromatic heterocycles. The van der Waals surface area contributed by atoms with E-state index in [1.54, 1.807) is 0 Å². The highest BCUT2D eigenvalue weighted by Gasteiger charge is 2.27. The number of hydrogen-bond acceptors (Lipinski definition) is 2. The fraction of sp³-hybridized carbons (Fsp3) is 0.417. The fourth-order valence-corrected chi connectivity index (χ4v) is 1.92. The molecule has 2 rings (SSSR count). The molecule has 0 bridgehead atoms. The van der Waals surface area contributed by atoms with Crippen molar-refractivity contribution in [2.45, 2.75) is 19.4 Å². The highest BCUT2D eigenvalue weighted by molar-refractivity contribution is 5.94. The van der Waals surface area contributed by atoms with Gasteiger partial charge in [0.15, 0.2) is 0 Å². The number of halogens is 2. The molecule has 92 valence electrons. The summed E-state index contributed by atoms with van der Waals surface area (Å²) in [4.78, 5) is 13.3. The maximum Gasteiger partial charge on any atom is 0.256 e. The number of hydrogen-bond donors (Lipinski definition) is 1. The van der Waals surface area contributed by atoms with Crippen LogP contribution < -0.4 is 0 Å². The number of aryl methyl sites for hydroxylation is 1. The molecule has 1 N–H and O–H groups in total. The number of likely N-dealkylation sites (tertiary alicyclic amines) is 1. The van der Waals surface area contributed by atoms with Crippen molar-refractivity contribution < 1.29 is 18.7 Å². The lowest BCUT2D eigenvalue weighted by Gasteiger charge is -2.16. The summed E-state index contributed by atoms with van der Waals surface area (Å²) in [5, 5.41) is 9.32. The van der Waals surface area contributed by atoms with Crippen LogP contribution in [0.1, 0.15) is 22.3 Å². The van der Waals surface area contributed by atoms with E-state index in [9.17, 15) is 18.7 Å². The second-order valence-electron chi connectivity index (χ2n) is 4.27. The third kappa shape index (κ3) is 2.29. The van der Waals surface area contributed by atoms with Gasteiger partial charge in [-0.2, -0.15) is 0 Å². The van der Waals surface area contributed by atoms with Gasteiger partial charge in [0.25, 0.3) is 5.91 Å². The first-order chi connectivity index (χ1) is 7.99. The van der Waals surface area contributed by atoms with Crippen LogP contribution in [0.25, 0.3) is 0 Å². The molecular formula is C12H13F2NO2. The maximum atomic E-state index is 13.5. The van der Waals surface area contributed by atoms with Crippen molar-refractivity contribution in [1.29, 1.82) is 0 Å². The highest BCUT2D eigenvalue weighted by atomic mass is 19.1. The van der Waals surface area contributed by atoms with Gasteiger partial charge in [-0.15, -0.1) is 0 Å². The molecule has 1 fully saturated rings. The smallest absolute Gasteiger partial charge is 0.256 e. The molecule has 1 aliphatic heterocycles. The summed E-state index contributed by atoms with van der Waals surface area (Å²) in [5.74, 6) is -2.03. The van der Waals surface area contributed by atoms with Gasteiger partial charge >= 0.3 is 0 Å². The molecule has 1 aliphatic rings. The quantitative estimate of drug-likeness (QED) is 0.809. The van der Waals surface area contributed by atoms with Crippen LogP contribution in [-0.2, 0) is 0 Å². The van der Waals surface area contributed by atoms with Crippen molar-refractivity contribution in [3.8, 4) is 0 Å². The number of aliphatic hydroxyl groups excluding tert-OH is 1. The summed E-state index contributed by atoms with van der Waals surface area (Å²) in [6.07, 6.45) is -0.0587. The largest absolute Gasteiger partial charge is 0.391 e. The monoisotopic (exact) mass is 241 g/mol. The predicted molar refractivity (Wildman–Crippen MR) is 57.6 cm³/mol. The van der Waals surface area contributed by atoms with Gasteiger partial charge in [0.2, 0.25) is 0 Å². The van der Waals surface area contributed by atoms with Crippen LogP contribution in [0.2, 0.25) is 0 Å². The zero-order valence-corrected chi connectivity index (χ0v) is 9.41. The van der Waals surface area contributed by atoms with E-state index in [1.165, 1.54) is 17.9 Å². The van der Waals surface area contributed by atoms with Crippen molar-refractivity contribution in [3.05, 3.63) is 34.9 Å². The number of benzene rings is 1. The Hall–Kier alpha value is -1.49. The lowest BCUT2D eigenvalue weighted by Crippen LogP contribution is -2.30. The third-order valence-corrected chi connectivity index (χ3v) is 2.93. The number of nitrogens with zero attached hydrogens (tertiary/aromatic N) is 1. The van der Waals surface area contributed by atoms with Gasteiger partial charge in [0.1, 0.15) is 11.6 Å². The van der Waals surface area contributed by atoms with Gasteiger partial charge in [0, 0.05) is 19.2 Å². The summed E-state index contributed by atoms with van der Waals surface area (Å²) in [6, 6.07) is 1.92. The Morgan fingerprint density at radius 2 is 2.12 bits per heavy atom. The molecule has 0 aliphatic carbocycles. The van der Waals surface area contributed by atoms with Crippen molar-refractivity contribution in [3.63, 3.8) is 0 Å². The number of aliphatic hydroxyl groups is 1. The molecular weight excluding hydrogens is 228 g/mol. The number of rotatable bonds is 1. The molecule has 17 heavy (non-hydrogen) atoms. The summed E-state index contributed by atoms with van der Waals surface area (Å²) >= 11 is 0. The molecule has 1 aromatic carbocycles. The van der Waals surface area contributed by atoms with Gasteiger partial charge < -0.3 is 10.0 Å². The molecule has 1 amide bonds. The van der Waals surface area contributed by atoms with Gasteiger partial charge in [-0.05, 0) is 25.0 Å². The summed E-state index contributed by atoms with van der Waals surface area (Å²) in [6.45, 7) is 2.08. The molecule has 1 aromatic rings. The normalized spacial score (nSPS) is 19.8. The minimum absolute atomic E-state index is 0.141. The first-order valence-corrected chi connectivity index (χ1v) is 5.42. The van der Waals surface area contributed by atoms with Gasteiger partial charge in [-0.1, -0.05) is 0 Å². The van der Waals surface area contributed by atoms with Crippen LogP contribution in [-0.4, -0.2) is 35.1 Å². The average molecular weight is 241 g/mol. The molecule has 0 spiro atoms. The molecule has 0 radical (unpaired) electrons. The zero-order chi connectivity index (χ0) is 12.6. The van der Waals surface area contributed by atoms with E-state index in [0.29, 0.717) is 13.0 Å². The van der Waals surface area contributed by atoms with Gasteiger partial charge in [-0.25, -0.2) is 8.78 Å². The first kappa shape index (κ1) is 12.0. The number of carbonyl (C=O) groups excluding carboxylic acids is 1. The Balaban J connectivity index is 2.28. The molecule has 1 saturated heterocycles. The van der Waals surface area contributed by atoms with E-state index in [1.807, 2.05) is 0 Å². The van der Waals surface area contributed by atoms with Crippen LogP contribution in [0.4, 0.5) is 8.78 Å². The summed E-state index contributed by atoms with van der Waals surface area (Å²) in [7, 11) is 0. The SMILES string of the molecule is Cc1cc(C(=O)N2CC[C@@H](O)C2)c(F)cc1F. The molecule has 1 heterocycles. The van der Waals surface area contributed by atoms with Crippen molar-refractivity contribution in [1.82, 2.24) is 4.90 Å². The van der Waals surface area contributed by atoms with Gasteiger partial charge in [0.05, 0.1) is 11.7 Å². The molecule has 0 unspecified atom stereocenters. The van der Waals surface area contributed by atoms with Crippen molar-refractivity contribution >= 4 is 5.91 Å². The lowest BCUT2D eigenvalue weighted by molar-refractivity contribution is 0.0760. The van der Waals surface area contributed by atoms with Crippen LogP contribution >= 0.6 is 0 Å². The third-order valence-electron chi connectivity index (χ3n) is 2.93. The summed E-state index contributed by atoms with van der Waals surface area (Å²) < 4.78 is 26.5. The fourth-order valence-electron chi connectivity index (χ4n) is 1.92. The van der Waals surface area contributed by atoms with E-state index >= 15 is 0 Å².